The summed E-state index contributed by atoms with van der Waals surface area (Å²) in [7, 11) is 0. The maximum atomic E-state index is 11.7. The number of carbonyl (C=O) groups is 2. The van der Waals surface area contributed by atoms with Gasteiger partial charge in [-0.25, -0.2) is 4.79 Å². The third-order valence-electron chi connectivity index (χ3n) is 2.29. The molecule has 108 valence electrons. The molecule has 0 unspecified atom stereocenters. The number of rotatable bonds is 6. The van der Waals surface area contributed by atoms with Gasteiger partial charge in [-0.3, -0.25) is 14.9 Å². The van der Waals surface area contributed by atoms with Crippen molar-refractivity contribution in [3.8, 4) is 0 Å². The molecule has 0 saturated heterocycles. The number of hydrogen-bond acceptors (Lipinski definition) is 5. The summed E-state index contributed by atoms with van der Waals surface area (Å²) in [4.78, 5) is 33.1. The standard InChI is InChI=1S/C12H13BrN2O5/c1-2-5-14-11(16)7-20-12(17)8-3-4-9(13)10(6-8)15(18)19/h3-4,6H,2,5,7H2,1H3,(H,14,16). The Kier molecular flexibility index (Phi) is 6.10. The van der Waals surface area contributed by atoms with Crippen LogP contribution in [0.5, 0.6) is 0 Å². The molecule has 1 aromatic carbocycles. The number of nitro groups is 1. The van der Waals surface area contributed by atoms with Crippen LogP contribution in [0, 0.1) is 10.1 Å². The predicted octanol–water partition coefficient (Wildman–Crippen LogP) is 2.04. The lowest BCUT2D eigenvalue weighted by Gasteiger charge is -2.06. The average Bonchev–Trinajstić information content (AvgIpc) is 2.42. The molecule has 0 bridgehead atoms. The van der Waals surface area contributed by atoms with Crippen molar-refractivity contribution in [3.63, 3.8) is 0 Å². The minimum Gasteiger partial charge on any atom is -0.452 e. The lowest BCUT2D eigenvalue weighted by molar-refractivity contribution is -0.385. The summed E-state index contributed by atoms with van der Waals surface area (Å²) < 4.78 is 5.04. The second kappa shape index (κ2) is 7.59. The van der Waals surface area contributed by atoms with Gasteiger partial charge in [0.15, 0.2) is 6.61 Å². The van der Waals surface area contributed by atoms with Crippen LogP contribution < -0.4 is 5.32 Å². The number of hydrogen-bond donors (Lipinski definition) is 1. The summed E-state index contributed by atoms with van der Waals surface area (Å²) >= 11 is 3.01. The van der Waals surface area contributed by atoms with Crippen LogP contribution in [0.15, 0.2) is 22.7 Å². The molecule has 1 amide bonds. The zero-order valence-corrected chi connectivity index (χ0v) is 12.3. The number of ether oxygens (including phenoxy) is 1. The first-order valence-electron chi connectivity index (χ1n) is 5.83. The van der Waals surface area contributed by atoms with Gasteiger partial charge < -0.3 is 10.1 Å². The molecule has 0 heterocycles. The van der Waals surface area contributed by atoms with Crippen LogP contribution >= 0.6 is 15.9 Å². The molecule has 0 aliphatic carbocycles. The van der Waals surface area contributed by atoms with Crippen LogP contribution in [0.3, 0.4) is 0 Å². The second-order valence-electron chi connectivity index (χ2n) is 3.85. The second-order valence-corrected chi connectivity index (χ2v) is 4.70. The van der Waals surface area contributed by atoms with Crippen molar-refractivity contribution >= 4 is 33.5 Å². The zero-order chi connectivity index (χ0) is 15.1. The molecule has 0 saturated carbocycles. The van der Waals surface area contributed by atoms with E-state index >= 15 is 0 Å². The van der Waals surface area contributed by atoms with E-state index in [1.54, 1.807) is 0 Å². The molecule has 1 aromatic rings. The Morgan fingerprint density at radius 3 is 2.75 bits per heavy atom. The zero-order valence-electron chi connectivity index (χ0n) is 10.7. The Morgan fingerprint density at radius 1 is 1.45 bits per heavy atom. The lowest BCUT2D eigenvalue weighted by Crippen LogP contribution is -2.29. The molecule has 0 aliphatic rings. The summed E-state index contributed by atoms with van der Waals surface area (Å²) in [5, 5.41) is 13.3. The first-order valence-corrected chi connectivity index (χ1v) is 6.62. The Labute approximate surface area is 123 Å². The largest absolute Gasteiger partial charge is 0.452 e. The quantitative estimate of drug-likeness (QED) is 0.483. The molecule has 0 atom stereocenters. The molecule has 0 aromatic heterocycles. The van der Waals surface area contributed by atoms with E-state index in [4.69, 9.17) is 4.74 Å². The van der Waals surface area contributed by atoms with Crippen molar-refractivity contribution < 1.29 is 19.2 Å². The summed E-state index contributed by atoms with van der Waals surface area (Å²) in [5.41, 5.74) is -0.224. The first-order chi connectivity index (χ1) is 9.45. The smallest absolute Gasteiger partial charge is 0.338 e. The SMILES string of the molecule is CCCNC(=O)COC(=O)c1ccc(Br)c([N+](=O)[O-])c1. The lowest BCUT2D eigenvalue weighted by atomic mass is 10.2. The highest BCUT2D eigenvalue weighted by Crippen LogP contribution is 2.25. The fourth-order valence-corrected chi connectivity index (χ4v) is 1.70. The van der Waals surface area contributed by atoms with E-state index in [0.717, 1.165) is 12.5 Å². The first kappa shape index (κ1) is 16.1. The highest BCUT2D eigenvalue weighted by atomic mass is 79.9. The average molecular weight is 345 g/mol. The predicted molar refractivity (Wildman–Crippen MR) is 74.4 cm³/mol. The fraction of sp³-hybridized carbons (Fsp3) is 0.333. The van der Waals surface area contributed by atoms with E-state index in [9.17, 15) is 19.7 Å². The molecule has 0 spiro atoms. The molecule has 7 nitrogen and oxygen atoms in total. The number of halogens is 1. The van der Waals surface area contributed by atoms with Crippen LogP contribution in [0.25, 0.3) is 0 Å². The van der Waals surface area contributed by atoms with Crippen molar-refractivity contribution in [1.29, 1.82) is 0 Å². The number of amides is 1. The van der Waals surface area contributed by atoms with Gasteiger partial charge in [0, 0.05) is 12.6 Å². The number of nitrogens with zero attached hydrogens (tertiary/aromatic N) is 1. The van der Waals surface area contributed by atoms with Gasteiger partial charge in [0.05, 0.1) is 15.0 Å². The van der Waals surface area contributed by atoms with Crippen molar-refractivity contribution in [2.24, 2.45) is 0 Å². The molecular weight excluding hydrogens is 332 g/mol. The monoisotopic (exact) mass is 344 g/mol. The van der Waals surface area contributed by atoms with Crippen molar-refractivity contribution in [3.05, 3.63) is 38.3 Å². The van der Waals surface area contributed by atoms with Gasteiger partial charge >= 0.3 is 5.97 Å². The molecule has 0 fully saturated rings. The van der Waals surface area contributed by atoms with Crippen LogP contribution in [0.1, 0.15) is 23.7 Å². The normalized spacial score (nSPS) is 9.90. The fourth-order valence-electron chi connectivity index (χ4n) is 1.31. The summed E-state index contributed by atoms with van der Waals surface area (Å²) in [6.45, 7) is 1.98. The van der Waals surface area contributed by atoms with Gasteiger partial charge in [0.2, 0.25) is 0 Å². The highest BCUT2D eigenvalue weighted by Gasteiger charge is 2.17. The minimum absolute atomic E-state index is 0.0168. The maximum absolute atomic E-state index is 11.7. The summed E-state index contributed by atoms with van der Waals surface area (Å²) in [6.07, 6.45) is 0.776. The molecule has 0 aliphatic heterocycles. The van der Waals surface area contributed by atoms with Crippen LogP contribution in [0.2, 0.25) is 0 Å². The number of benzene rings is 1. The van der Waals surface area contributed by atoms with E-state index in [0.29, 0.717) is 6.54 Å². The Balaban J connectivity index is 2.66. The van der Waals surface area contributed by atoms with E-state index < -0.39 is 23.4 Å². The van der Waals surface area contributed by atoms with E-state index in [2.05, 4.69) is 21.2 Å². The molecule has 0 radical (unpaired) electrons. The molecular formula is C12H13BrN2O5. The van der Waals surface area contributed by atoms with Crippen LogP contribution in [-0.4, -0.2) is 30.0 Å². The van der Waals surface area contributed by atoms with Crippen molar-refractivity contribution in [1.82, 2.24) is 5.32 Å². The van der Waals surface area contributed by atoms with Gasteiger partial charge in [-0.05, 0) is 34.5 Å². The van der Waals surface area contributed by atoms with Crippen molar-refractivity contribution in [2.45, 2.75) is 13.3 Å². The van der Waals surface area contributed by atoms with Gasteiger partial charge in [-0.1, -0.05) is 6.92 Å². The van der Waals surface area contributed by atoms with E-state index in [-0.39, 0.29) is 15.7 Å². The highest BCUT2D eigenvalue weighted by molar-refractivity contribution is 9.10. The van der Waals surface area contributed by atoms with Gasteiger partial charge in [0.25, 0.3) is 11.6 Å². The van der Waals surface area contributed by atoms with Gasteiger partial charge in [0.1, 0.15) is 0 Å². The molecule has 1 N–H and O–H groups in total. The third kappa shape index (κ3) is 4.61. The maximum Gasteiger partial charge on any atom is 0.338 e. The molecule has 8 heteroatoms. The molecule has 1 rings (SSSR count). The number of esters is 1. The van der Waals surface area contributed by atoms with E-state index in [1.165, 1.54) is 12.1 Å². The van der Waals surface area contributed by atoms with Crippen molar-refractivity contribution in [2.75, 3.05) is 13.2 Å². The van der Waals surface area contributed by atoms with Gasteiger partial charge in [-0.15, -0.1) is 0 Å². The number of carbonyl (C=O) groups excluding carboxylic acids is 2. The Bertz CT molecular complexity index is 533. The third-order valence-corrected chi connectivity index (χ3v) is 2.96. The minimum atomic E-state index is -0.785. The number of nitro benzene ring substituents is 1. The summed E-state index contributed by atoms with van der Waals surface area (Å²) in [5.74, 6) is -1.20. The summed E-state index contributed by atoms with van der Waals surface area (Å²) in [6, 6.07) is 3.85. The Morgan fingerprint density at radius 2 is 2.15 bits per heavy atom. The number of nitrogens with one attached hydrogen (secondary N) is 1. The topological polar surface area (TPSA) is 98.5 Å². The van der Waals surface area contributed by atoms with E-state index in [1.807, 2.05) is 6.92 Å². The Hall–Kier alpha value is -1.96. The van der Waals surface area contributed by atoms with Gasteiger partial charge in [-0.2, -0.15) is 0 Å². The molecule has 20 heavy (non-hydrogen) atoms. The van der Waals surface area contributed by atoms with Crippen LogP contribution in [-0.2, 0) is 9.53 Å². The van der Waals surface area contributed by atoms with Crippen LogP contribution in [0.4, 0.5) is 5.69 Å².